The molecule has 0 aliphatic carbocycles. The van der Waals surface area contributed by atoms with Gasteiger partial charge >= 0.3 is 0 Å². The molecule has 1 atom stereocenters. The van der Waals surface area contributed by atoms with Crippen LogP contribution >= 0.6 is 0 Å². The van der Waals surface area contributed by atoms with Gasteiger partial charge in [0.05, 0.1) is 12.5 Å². The topological polar surface area (TPSA) is 65.1 Å². The van der Waals surface area contributed by atoms with Crippen LogP contribution in [0.5, 0.6) is 0 Å². The third-order valence-corrected chi connectivity index (χ3v) is 2.21. The van der Waals surface area contributed by atoms with E-state index in [9.17, 15) is 4.79 Å². The number of hydrogen-bond donors (Lipinski definition) is 3. The molecular weight excluding hydrogens is 180 g/mol. The van der Waals surface area contributed by atoms with E-state index in [1.165, 1.54) is 0 Å². The van der Waals surface area contributed by atoms with Gasteiger partial charge in [0.1, 0.15) is 0 Å². The Morgan fingerprint density at radius 3 is 3.00 bits per heavy atom. The standard InChI is InChI=1S/C10H16N2O2/c1-2-9(7-13)10(14)12-6-8-3-4-11-5-8/h3-5,9,11,13H,2,6-7H2,1H3,(H,12,14). The van der Waals surface area contributed by atoms with E-state index in [4.69, 9.17) is 5.11 Å². The van der Waals surface area contributed by atoms with Gasteiger partial charge in [-0.15, -0.1) is 0 Å². The molecule has 0 saturated heterocycles. The summed E-state index contributed by atoms with van der Waals surface area (Å²) in [6, 6.07) is 1.90. The molecule has 0 bridgehead atoms. The Morgan fingerprint density at radius 2 is 2.50 bits per heavy atom. The summed E-state index contributed by atoms with van der Waals surface area (Å²) in [5.41, 5.74) is 1.03. The minimum absolute atomic E-state index is 0.0869. The van der Waals surface area contributed by atoms with Gasteiger partial charge in [0, 0.05) is 18.9 Å². The lowest BCUT2D eigenvalue weighted by atomic mass is 10.1. The summed E-state index contributed by atoms with van der Waals surface area (Å²) in [7, 11) is 0. The predicted molar refractivity (Wildman–Crippen MR) is 53.5 cm³/mol. The second-order valence-electron chi connectivity index (χ2n) is 3.22. The Bertz CT molecular complexity index is 266. The van der Waals surface area contributed by atoms with Crippen molar-refractivity contribution in [3.05, 3.63) is 24.0 Å². The first-order valence-corrected chi connectivity index (χ1v) is 4.78. The average Bonchev–Trinajstić information content (AvgIpc) is 2.69. The molecule has 1 heterocycles. The van der Waals surface area contributed by atoms with Gasteiger partial charge in [-0.3, -0.25) is 4.79 Å². The van der Waals surface area contributed by atoms with Crippen molar-refractivity contribution in [3.8, 4) is 0 Å². The lowest BCUT2D eigenvalue weighted by Crippen LogP contribution is -2.31. The summed E-state index contributed by atoms with van der Waals surface area (Å²) < 4.78 is 0. The van der Waals surface area contributed by atoms with E-state index >= 15 is 0 Å². The molecule has 0 spiro atoms. The largest absolute Gasteiger partial charge is 0.396 e. The zero-order valence-corrected chi connectivity index (χ0v) is 8.29. The molecule has 0 saturated carbocycles. The molecular formula is C10H16N2O2. The number of rotatable bonds is 5. The molecule has 0 radical (unpaired) electrons. The molecule has 0 aliphatic rings. The van der Waals surface area contributed by atoms with Crippen LogP contribution in [0.3, 0.4) is 0 Å². The average molecular weight is 196 g/mol. The number of amides is 1. The molecule has 3 N–H and O–H groups in total. The second-order valence-corrected chi connectivity index (χ2v) is 3.22. The number of carbonyl (C=O) groups is 1. The van der Waals surface area contributed by atoms with Gasteiger partial charge in [0.15, 0.2) is 0 Å². The van der Waals surface area contributed by atoms with Crippen LogP contribution in [0.1, 0.15) is 18.9 Å². The molecule has 4 heteroatoms. The molecule has 1 rings (SSSR count). The van der Waals surface area contributed by atoms with Gasteiger partial charge in [0.25, 0.3) is 0 Å². The van der Waals surface area contributed by atoms with Crippen molar-refractivity contribution in [2.45, 2.75) is 19.9 Å². The number of aromatic nitrogens is 1. The highest BCUT2D eigenvalue weighted by Crippen LogP contribution is 2.02. The molecule has 14 heavy (non-hydrogen) atoms. The Morgan fingerprint density at radius 1 is 1.71 bits per heavy atom. The Balaban J connectivity index is 2.34. The molecule has 0 aromatic carbocycles. The third kappa shape index (κ3) is 2.88. The third-order valence-electron chi connectivity index (χ3n) is 2.21. The van der Waals surface area contributed by atoms with Crippen molar-refractivity contribution in [1.82, 2.24) is 10.3 Å². The molecule has 4 nitrogen and oxygen atoms in total. The zero-order valence-electron chi connectivity index (χ0n) is 8.29. The van der Waals surface area contributed by atoms with Crippen LogP contribution in [0, 0.1) is 5.92 Å². The quantitative estimate of drug-likeness (QED) is 0.647. The van der Waals surface area contributed by atoms with Gasteiger partial charge in [-0.25, -0.2) is 0 Å². The van der Waals surface area contributed by atoms with E-state index in [0.717, 1.165) is 5.56 Å². The van der Waals surface area contributed by atoms with Crippen LogP contribution in [0.15, 0.2) is 18.5 Å². The summed E-state index contributed by atoms with van der Waals surface area (Å²) >= 11 is 0. The highest BCUT2D eigenvalue weighted by atomic mass is 16.3. The summed E-state index contributed by atoms with van der Waals surface area (Å²) in [4.78, 5) is 14.3. The van der Waals surface area contributed by atoms with E-state index in [-0.39, 0.29) is 18.4 Å². The smallest absolute Gasteiger partial charge is 0.225 e. The van der Waals surface area contributed by atoms with E-state index in [0.29, 0.717) is 13.0 Å². The minimum Gasteiger partial charge on any atom is -0.396 e. The van der Waals surface area contributed by atoms with Crippen LogP contribution < -0.4 is 5.32 Å². The molecule has 1 aromatic heterocycles. The van der Waals surface area contributed by atoms with Gasteiger partial charge in [0.2, 0.25) is 5.91 Å². The maximum absolute atomic E-state index is 11.4. The molecule has 0 aliphatic heterocycles. The number of H-pyrrole nitrogens is 1. The van der Waals surface area contributed by atoms with Crippen molar-refractivity contribution in [3.63, 3.8) is 0 Å². The molecule has 78 valence electrons. The fourth-order valence-electron chi connectivity index (χ4n) is 1.20. The van der Waals surface area contributed by atoms with E-state index in [1.807, 2.05) is 25.4 Å². The molecule has 1 amide bonds. The lowest BCUT2D eigenvalue weighted by Gasteiger charge is -2.11. The Labute approximate surface area is 83.3 Å². The highest BCUT2D eigenvalue weighted by Gasteiger charge is 2.14. The first-order chi connectivity index (χ1) is 6.77. The predicted octanol–water partition coefficient (Wildman–Crippen LogP) is 0.649. The van der Waals surface area contributed by atoms with E-state index in [2.05, 4.69) is 10.3 Å². The first kappa shape index (κ1) is 10.8. The SMILES string of the molecule is CCC(CO)C(=O)NCc1cc[nH]c1. The van der Waals surface area contributed by atoms with Crippen molar-refractivity contribution >= 4 is 5.91 Å². The van der Waals surface area contributed by atoms with E-state index in [1.54, 1.807) is 0 Å². The van der Waals surface area contributed by atoms with Gasteiger partial charge in [-0.1, -0.05) is 6.92 Å². The van der Waals surface area contributed by atoms with Crippen LogP contribution in [0.4, 0.5) is 0 Å². The Kier molecular flexibility index (Phi) is 4.19. The number of aromatic amines is 1. The number of aliphatic hydroxyl groups is 1. The number of carbonyl (C=O) groups excluding carboxylic acids is 1. The fraction of sp³-hybridized carbons (Fsp3) is 0.500. The number of hydrogen-bond acceptors (Lipinski definition) is 2. The summed E-state index contributed by atoms with van der Waals surface area (Å²) in [6.07, 6.45) is 4.31. The summed E-state index contributed by atoms with van der Waals surface area (Å²) in [5.74, 6) is -0.370. The minimum atomic E-state index is -0.283. The number of aliphatic hydroxyl groups excluding tert-OH is 1. The van der Waals surface area contributed by atoms with E-state index < -0.39 is 0 Å². The number of nitrogens with one attached hydrogen (secondary N) is 2. The maximum atomic E-state index is 11.4. The van der Waals surface area contributed by atoms with Gasteiger partial charge in [-0.05, 0) is 18.1 Å². The molecule has 1 aromatic rings. The normalized spacial score (nSPS) is 12.4. The summed E-state index contributed by atoms with van der Waals surface area (Å²) in [6.45, 7) is 2.31. The van der Waals surface area contributed by atoms with Gasteiger partial charge < -0.3 is 15.4 Å². The maximum Gasteiger partial charge on any atom is 0.225 e. The monoisotopic (exact) mass is 196 g/mol. The van der Waals surface area contributed by atoms with Crippen LogP contribution in [0.25, 0.3) is 0 Å². The molecule has 1 unspecified atom stereocenters. The van der Waals surface area contributed by atoms with Crippen LogP contribution in [-0.4, -0.2) is 22.6 Å². The van der Waals surface area contributed by atoms with Gasteiger partial charge in [-0.2, -0.15) is 0 Å². The van der Waals surface area contributed by atoms with Crippen LogP contribution in [-0.2, 0) is 11.3 Å². The van der Waals surface area contributed by atoms with Crippen molar-refractivity contribution in [2.75, 3.05) is 6.61 Å². The summed E-state index contributed by atoms with van der Waals surface area (Å²) in [5, 5.41) is 11.7. The highest BCUT2D eigenvalue weighted by molar-refractivity contribution is 5.78. The van der Waals surface area contributed by atoms with Crippen LogP contribution in [0.2, 0.25) is 0 Å². The van der Waals surface area contributed by atoms with Crippen molar-refractivity contribution in [1.29, 1.82) is 0 Å². The second kappa shape index (κ2) is 5.44. The lowest BCUT2D eigenvalue weighted by molar-refractivity contribution is -0.126. The first-order valence-electron chi connectivity index (χ1n) is 4.78. The fourth-order valence-corrected chi connectivity index (χ4v) is 1.20. The zero-order chi connectivity index (χ0) is 10.4. The molecule has 0 fully saturated rings. The Hall–Kier alpha value is -1.29. The van der Waals surface area contributed by atoms with Crippen molar-refractivity contribution in [2.24, 2.45) is 5.92 Å². The van der Waals surface area contributed by atoms with Crippen molar-refractivity contribution < 1.29 is 9.90 Å².